The van der Waals surface area contributed by atoms with Gasteiger partial charge in [-0.1, -0.05) is 29.8 Å². The van der Waals surface area contributed by atoms with Gasteiger partial charge in [-0.3, -0.25) is 4.99 Å². The minimum Gasteiger partial charge on any atom is -0.281 e. The van der Waals surface area contributed by atoms with Gasteiger partial charge in [-0.05, 0) is 42.7 Å². The lowest BCUT2D eigenvalue weighted by Gasteiger charge is -2.06. The number of benzene rings is 2. The summed E-state index contributed by atoms with van der Waals surface area (Å²) in [5.41, 5.74) is 1.52. The first-order chi connectivity index (χ1) is 9.65. The molecule has 1 heterocycles. The van der Waals surface area contributed by atoms with Crippen LogP contribution in [-0.2, 0) is 0 Å². The highest BCUT2D eigenvalue weighted by Crippen LogP contribution is 2.32. The minimum atomic E-state index is -0.555. The molecule has 4 heteroatoms. The van der Waals surface area contributed by atoms with Crippen molar-refractivity contribution in [1.82, 2.24) is 0 Å². The van der Waals surface area contributed by atoms with E-state index in [0.29, 0.717) is 17.2 Å². The number of hydrogen-bond donors (Lipinski definition) is 0. The van der Waals surface area contributed by atoms with Crippen molar-refractivity contribution in [1.29, 1.82) is 0 Å². The zero-order valence-electron chi connectivity index (χ0n) is 10.6. The molecule has 1 atom stereocenters. The van der Waals surface area contributed by atoms with E-state index in [0.717, 1.165) is 12.0 Å². The molecule has 1 aliphatic heterocycles. The maximum atomic E-state index is 13.7. The average molecular weight is 292 g/mol. The lowest BCUT2D eigenvalue weighted by Crippen LogP contribution is -2.03. The number of nitrogens with zero attached hydrogens (tertiary/aromatic N) is 1. The molecule has 0 radical (unpaired) electrons. The van der Waals surface area contributed by atoms with Crippen LogP contribution in [0.5, 0.6) is 0 Å². The number of hydrogen-bond acceptors (Lipinski definition) is 1. The van der Waals surface area contributed by atoms with Gasteiger partial charge in [0.15, 0.2) is 0 Å². The van der Waals surface area contributed by atoms with Gasteiger partial charge in [0.2, 0.25) is 0 Å². The zero-order chi connectivity index (χ0) is 14.1. The summed E-state index contributed by atoms with van der Waals surface area (Å²) in [6, 6.07) is 11.2. The van der Waals surface area contributed by atoms with Crippen molar-refractivity contribution in [2.45, 2.75) is 18.9 Å². The summed E-state index contributed by atoms with van der Waals surface area (Å²) in [6.45, 7) is 0. The molecule has 0 spiro atoms. The largest absolute Gasteiger partial charge is 0.281 e. The van der Waals surface area contributed by atoms with Gasteiger partial charge in [0.05, 0.1) is 11.6 Å². The van der Waals surface area contributed by atoms with E-state index < -0.39 is 11.6 Å². The van der Waals surface area contributed by atoms with Crippen molar-refractivity contribution >= 4 is 17.3 Å². The number of aliphatic imine (C=N–C) groups is 1. The van der Waals surface area contributed by atoms with Crippen molar-refractivity contribution in [3.63, 3.8) is 0 Å². The second kappa shape index (κ2) is 5.33. The van der Waals surface area contributed by atoms with Gasteiger partial charge in [-0.25, -0.2) is 8.78 Å². The van der Waals surface area contributed by atoms with Gasteiger partial charge >= 0.3 is 0 Å². The monoisotopic (exact) mass is 291 g/mol. The van der Waals surface area contributed by atoms with Gasteiger partial charge in [0.25, 0.3) is 0 Å². The highest BCUT2D eigenvalue weighted by molar-refractivity contribution is 6.30. The Labute approximate surface area is 120 Å². The highest BCUT2D eigenvalue weighted by Gasteiger charge is 2.24. The number of rotatable bonds is 2. The molecule has 3 rings (SSSR count). The van der Waals surface area contributed by atoms with E-state index in [1.165, 1.54) is 18.2 Å². The van der Waals surface area contributed by atoms with Crippen molar-refractivity contribution < 1.29 is 8.78 Å². The summed E-state index contributed by atoms with van der Waals surface area (Å²) in [5.74, 6) is -1.11. The fourth-order valence-electron chi connectivity index (χ4n) is 2.48. The molecular formula is C16H12ClF2N. The lowest BCUT2D eigenvalue weighted by molar-refractivity contribution is 0.578. The Balaban J connectivity index is 1.94. The average Bonchev–Trinajstić information content (AvgIpc) is 2.89. The second-order valence-corrected chi connectivity index (χ2v) is 5.21. The highest BCUT2D eigenvalue weighted by atomic mass is 35.5. The first kappa shape index (κ1) is 13.3. The predicted octanol–water partition coefficient (Wildman–Crippen LogP) is 4.94. The Hall–Kier alpha value is -1.74. The number of halogens is 3. The summed E-state index contributed by atoms with van der Waals surface area (Å²) in [4.78, 5) is 4.47. The lowest BCUT2D eigenvalue weighted by atomic mass is 10.0. The molecule has 0 aromatic heterocycles. The molecule has 1 unspecified atom stereocenters. The van der Waals surface area contributed by atoms with Crippen LogP contribution in [0.1, 0.15) is 30.0 Å². The molecular weight excluding hydrogens is 280 g/mol. The third-order valence-electron chi connectivity index (χ3n) is 3.47. The molecule has 2 aromatic rings. The van der Waals surface area contributed by atoms with Crippen LogP contribution < -0.4 is 0 Å². The predicted molar refractivity (Wildman–Crippen MR) is 76.3 cm³/mol. The molecule has 1 nitrogen and oxygen atoms in total. The van der Waals surface area contributed by atoms with Gasteiger partial charge < -0.3 is 0 Å². The Kier molecular flexibility index (Phi) is 3.53. The van der Waals surface area contributed by atoms with Crippen LogP contribution in [0.4, 0.5) is 8.78 Å². The Bertz CT molecular complexity index is 644. The molecule has 20 heavy (non-hydrogen) atoms. The molecule has 0 N–H and O–H groups in total. The Morgan fingerprint density at radius 3 is 2.30 bits per heavy atom. The normalized spacial score (nSPS) is 18.1. The first-order valence-electron chi connectivity index (χ1n) is 6.41. The Morgan fingerprint density at radius 2 is 1.65 bits per heavy atom. The molecule has 0 bridgehead atoms. The third kappa shape index (κ3) is 2.46. The summed E-state index contributed by atoms with van der Waals surface area (Å²) < 4.78 is 27.5. The van der Waals surface area contributed by atoms with Crippen molar-refractivity contribution in [2.24, 2.45) is 4.99 Å². The van der Waals surface area contributed by atoms with Gasteiger partial charge in [-0.15, -0.1) is 0 Å². The van der Waals surface area contributed by atoms with Crippen LogP contribution >= 0.6 is 11.6 Å². The second-order valence-electron chi connectivity index (χ2n) is 4.78. The summed E-state index contributed by atoms with van der Waals surface area (Å²) >= 11 is 5.85. The molecule has 0 saturated carbocycles. The quantitative estimate of drug-likeness (QED) is 0.743. The molecule has 2 aromatic carbocycles. The fraction of sp³-hybridized carbons (Fsp3) is 0.188. The summed E-state index contributed by atoms with van der Waals surface area (Å²) in [7, 11) is 0. The van der Waals surface area contributed by atoms with Gasteiger partial charge in [-0.2, -0.15) is 0 Å². The van der Waals surface area contributed by atoms with E-state index in [1.54, 1.807) is 12.1 Å². The standard InChI is InChI=1S/C16H12ClF2N/c17-11-6-4-10(5-7-11)14-8-9-15(20-14)16-12(18)2-1-3-13(16)19/h1-7,14H,8-9H2. The first-order valence-corrected chi connectivity index (χ1v) is 6.79. The van der Waals surface area contributed by atoms with E-state index in [9.17, 15) is 8.78 Å². The fourth-order valence-corrected chi connectivity index (χ4v) is 2.61. The van der Waals surface area contributed by atoms with Gasteiger partial charge in [0, 0.05) is 10.7 Å². The van der Waals surface area contributed by atoms with Crippen LogP contribution in [0.15, 0.2) is 47.5 Å². The maximum Gasteiger partial charge on any atom is 0.135 e. The smallest absolute Gasteiger partial charge is 0.135 e. The van der Waals surface area contributed by atoms with Crippen molar-refractivity contribution in [3.05, 3.63) is 70.2 Å². The third-order valence-corrected chi connectivity index (χ3v) is 3.72. The van der Waals surface area contributed by atoms with Crippen molar-refractivity contribution in [3.8, 4) is 0 Å². The topological polar surface area (TPSA) is 12.4 Å². The SMILES string of the molecule is Fc1cccc(F)c1C1=NC(c2ccc(Cl)cc2)CC1. The molecule has 0 saturated heterocycles. The molecule has 102 valence electrons. The van der Waals surface area contributed by atoms with E-state index in [4.69, 9.17) is 11.6 Å². The molecule has 0 fully saturated rings. The van der Waals surface area contributed by atoms with Crippen LogP contribution in [0, 0.1) is 11.6 Å². The Morgan fingerprint density at radius 1 is 1.00 bits per heavy atom. The molecule has 0 aliphatic carbocycles. The summed E-state index contributed by atoms with van der Waals surface area (Å²) in [6.07, 6.45) is 1.33. The molecule has 1 aliphatic rings. The van der Waals surface area contributed by atoms with Crippen LogP contribution in [0.3, 0.4) is 0 Å². The van der Waals surface area contributed by atoms with E-state index >= 15 is 0 Å². The van der Waals surface area contributed by atoms with Crippen LogP contribution in [0.25, 0.3) is 0 Å². The minimum absolute atomic E-state index is 0.00367. The zero-order valence-corrected chi connectivity index (χ0v) is 11.4. The van der Waals surface area contributed by atoms with Gasteiger partial charge in [0.1, 0.15) is 11.6 Å². The van der Waals surface area contributed by atoms with E-state index in [1.807, 2.05) is 12.1 Å². The summed E-state index contributed by atoms with van der Waals surface area (Å²) in [5, 5.41) is 0.663. The molecule has 0 amide bonds. The van der Waals surface area contributed by atoms with E-state index in [2.05, 4.69) is 4.99 Å². The van der Waals surface area contributed by atoms with Crippen LogP contribution in [-0.4, -0.2) is 5.71 Å². The maximum absolute atomic E-state index is 13.7. The van der Waals surface area contributed by atoms with Crippen molar-refractivity contribution in [2.75, 3.05) is 0 Å². The van der Waals surface area contributed by atoms with Crippen LogP contribution in [0.2, 0.25) is 5.02 Å². The van der Waals surface area contributed by atoms with E-state index in [-0.39, 0.29) is 11.6 Å².